The number of hydrogen-bond acceptors (Lipinski definition) is 5. The summed E-state index contributed by atoms with van der Waals surface area (Å²) in [5.74, 6) is 0.881. The van der Waals surface area contributed by atoms with Gasteiger partial charge in [-0.15, -0.1) is 0 Å². The van der Waals surface area contributed by atoms with Crippen molar-refractivity contribution in [2.24, 2.45) is 5.41 Å². The molecule has 29 heavy (non-hydrogen) atoms. The second-order valence-electron chi connectivity index (χ2n) is 7.29. The van der Waals surface area contributed by atoms with Gasteiger partial charge in [0.05, 0.1) is 21.3 Å². The molecule has 1 aliphatic heterocycles. The fourth-order valence-corrected chi connectivity index (χ4v) is 3.87. The molecule has 0 atom stereocenters. The van der Waals surface area contributed by atoms with Crippen molar-refractivity contribution in [3.05, 3.63) is 42.0 Å². The van der Waals surface area contributed by atoms with Gasteiger partial charge in [-0.3, -0.25) is 9.59 Å². The summed E-state index contributed by atoms with van der Waals surface area (Å²) in [7, 11) is 4.55. The minimum Gasteiger partial charge on any atom is -0.493 e. The highest BCUT2D eigenvalue weighted by Gasteiger charge is 2.58. The van der Waals surface area contributed by atoms with Crippen LogP contribution in [0.5, 0.6) is 17.2 Å². The van der Waals surface area contributed by atoms with Crippen molar-refractivity contribution in [1.29, 1.82) is 0 Å². The van der Waals surface area contributed by atoms with E-state index in [0.717, 1.165) is 17.7 Å². The number of ether oxygens (including phenoxy) is 3. The van der Waals surface area contributed by atoms with Crippen molar-refractivity contribution in [2.45, 2.75) is 19.3 Å². The fourth-order valence-electron chi connectivity index (χ4n) is 3.87. The first-order valence-corrected chi connectivity index (χ1v) is 9.55. The van der Waals surface area contributed by atoms with E-state index in [1.807, 2.05) is 24.3 Å². The number of benzene rings is 2. The molecule has 1 aliphatic carbocycles. The number of amides is 2. The number of carbonyl (C=O) groups excluding carboxylic acids is 2. The van der Waals surface area contributed by atoms with Crippen LogP contribution in [0.25, 0.3) is 0 Å². The number of nitrogens with zero attached hydrogens (tertiary/aromatic N) is 1. The molecule has 2 aliphatic rings. The molecule has 0 unspecified atom stereocenters. The van der Waals surface area contributed by atoms with Crippen LogP contribution in [-0.4, -0.2) is 39.7 Å². The molecular formula is C22H24N2O5. The highest BCUT2D eigenvalue weighted by molar-refractivity contribution is 6.18. The Morgan fingerprint density at radius 3 is 2.24 bits per heavy atom. The van der Waals surface area contributed by atoms with Crippen LogP contribution in [0.1, 0.15) is 18.4 Å². The van der Waals surface area contributed by atoms with E-state index in [-0.39, 0.29) is 11.8 Å². The molecule has 0 saturated heterocycles. The maximum absolute atomic E-state index is 13.3. The van der Waals surface area contributed by atoms with E-state index in [4.69, 9.17) is 14.2 Å². The number of nitrogens with one attached hydrogen (secondary N) is 1. The van der Waals surface area contributed by atoms with E-state index in [1.54, 1.807) is 17.0 Å². The Morgan fingerprint density at radius 1 is 1.00 bits per heavy atom. The van der Waals surface area contributed by atoms with Crippen LogP contribution in [0.2, 0.25) is 0 Å². The molecule has 1 heterocycles. The Bertz CT molecular complexity index is 942. The van der Waals surface area contributed by atoms with Crippen molar-refractivity contribution < 1.29 is 23.8 Å². The molecule has 152 valence electrons. The molecule has 2 aromatic carbocycles. The minimum absolute atomic E-state index is 0.132. The van der Waals surface area contributed by atoms with Crippen LogP contribution in [0.15, 0.2) is 36.4 Å². The van der Waals surface area contributed by atoms with E-state index in [9.17, 15) is 9.59 Å². The summed E-state index contributed by atoms with van der Waals surface area (Å²) < 4.78 is 16.0. The molecule has 0 bridgehead atoms. The zero-order valence-corrected chi connectivity index (χ0v) is 16.8. The normalized spacial score (nSPS) is 16.0. The van der Waals surface area contributed by atoms with Gasteiger partial charge in [0.1, 0.15) is 5.41 Å². The third-order valence-corrected chi connectivity index (χ3v) is 5.65. The molecule has 4 rings (SSSR count). The molecule has 0 spiro atoms. The van der Waals surface area contributed by atoms with E-state index in [2.05, 4.69) is 5.32 Å². The van der Waals surface area contributed by atoms with Crippen molar-refractivity contribution >= 4 is 23.2 Å². The molecule has 7 heteroatoms. The van der Waals surface area contributed by atoms with E-state index in [0.29, 0.717) is 42.3 Å². The zero-order chi connectivity index (χ0) is 20.6. The average molecular weight is 396 g/mol. The summed E-state index contributed by atoms with van der Waals surface area (Å²) in [5.41, 5.74) is 1.52. The number of para-hydroxylation sites is 1. The summed E-state index contributed by atoms with van der Waals surface area (Å²) in [4.78, 5) is 28.1. The second-order valence-corrected chi connectivity index (χ2v) is 7.29. The van der Waals surface area contributed by atoms with Crippen LogP contribution < -0.4 is 24.4 Å². The second kappa shape index (κ2) is 7.31. The van der Waals surface area contributed by atoms with Gasteiger partial charge in [-0.2, -0.15) is 0 Å². The number of anilines is 2. The molecule has 7 nitrogen and oxygen atoms in total. The summed E-state index contributed by atoms with van der Waals surface area (Å²) in [6.45, 7) is 0.609. The Labute approximate surface area is 169 Å². The molecule has 2 aromatic rings. The lowest BCUT2D eigenvalue weighted by Crippen LogP contribution is -2.42. The van der Waals surface area contributed by atoms with E-state index < -0.39 is 5.41 Å². The predicted octanol–water partition coefficient (Wildman–Crippen LogP) is 3.02. The third-order valence-electron chi connectivity index (χ3n) is 5.65. The molecule has 1 saturated carbocycles. The number of carbonyl (C=O) groups is 2. The molecule has 2 amide bonds. The predicted molar refractivity (Wildman–Crippen MR) is 109 cm³/mol. The Kier molecular flexibility index (Phi) is 4.82. The van der Waals surface area contributed by atoms with Crippen molar-refractivity contribution in [1.82, 2.24) is 0 Å². The lowest BCUT2D eigenvalue weighted by Gasteiger charge is -2.23. The first-order valence-electron chi connectivity index (χ1n) is 9.55. The standard InChI is InChI=1S/C22H24N2O5/c1-27-17-12-15(13-18(28-2)19(17)29-3)23-20(25)22(9-10-22)21(26)24-11-8-14-6-4-5-7-16(14)24/h4-7,12-13H,8-11H2,1-3H3,(H,23,25). The van der Waals surface area contributed by atoms with Crippen LogP contribution in [0, 0.1) is 5.41 Å². The number of methoxy groups -OCH3 is 3. The molecule has 1 N–H and O–H groups in total. The van der Waals surface area contributed by atoms with Gasteiger partial charge < -0.3 is 24.4 Å². The maximum atomic E-state index is 13.3. The van der Waals surface area contributed by atoms with E-state index >= 15 is 0 Å². The molecule has 0 radical (unpaired) electrons. The number of rotatable bonds is 6. The smallest absolute Gasteiger partial charge is 0.242 e. The van der Waals surface area contributed by atoms with Crippen molar-refractivity contribution in [2.75, 3.05) is 38.1 Å². The fraction of sp³-hybridized carbons (Fsp3) is 0.364. The van der Waals surface area contributed by atoms with Crippen LogP contribution >= 0.6 is 0 Å². The SMILES string of the molecule is COc1cc(NC(=O)C2(C(=O)N3CCc4ccccc43)CC2)cc(OC)c1OC. The first-order chi connectivity index (χ1) is 14.0. The maximum Gasteiger partial charge on any atom is 0.242 e. The van der Waals surface area contributed by atoms with Crippen molar-refractivity contribution in [3.63, 3.8) is 0 Å². The lowest BCUT2D eigenvalue weighted by atomic mass is 10.0. The van der Waals surface area contributed by atoms with Gasteiger partial charge in [-0.25, -0.2) is 0 Å². The molecule has 1 fully saturated rings. The summed E-state index contributed by atoms with van der Waals surface area (Å²) >= 11 is 0. The molecule has 0 aromatic heterocycles. The van der Waals surface area contributed by atoms with Crippen molar-refractivity contribution in [3.8, 4) is 17.2 Å². The van der Waals surface area contributed by atoms with Gasteiger partial charge in [0.25, 0.3) is 0 Å². The van der Waals surface area contributed by atoms with Crippen LogP contribution in [0.3, 0.4) is 0 Å². The van der Waals surface area contributed by atoms with Gasteiger partial charge in [-0.05, 0) is 30.9 Å². The summed E-state index contributed by atoms with van der Waals surface area (Å²) in [6.07, 6.45) is 1.90. The quantitative estimate of drug-likeness (QED) is 0.760. The number of fused-ring (bicyclic) bond motifs is 1. The van der Waals surface area contributed by atoms with Crippen LogP contribution in [0.4, 0.5) is 11.4 Å². The van der Waals surface area contributed by atoms with Gasteiger partial charge in [0.15, 0.2) is 11.5 Å². The highest BCUT2D eigenvalue weighted by Crippen LogP contribution is 2.50. The monoisotopic (exact) mass is 396 g/mol. The third kappa shape index (κ3) is 3.16. The van der Waals surface area contributed by atoms with Crippen LogP contribution in [-0.2, 0) is 16.0 Å². The summed E-state index contributed by atoms with van der Waals surface area (Å²) in [6, 6.07) is 11.2. The Morgan fingerprint density at radius 2 is 1.66 bits per heavy atom. The Balaban J connectivity index is 1.57. The largest absolute Gasteiger partial charge is 0.493 e. The zero-order valence-electron chi connectivity index (χ0n) is 16.8. The first kappa shape index (κ1) is 19.1. The number of hydrogen-bond donors (Lipinski definition) is 1. The topological polar surface area (TPSA) is 77.1 Å². The minimum atomic E-state index is -1.02. The van der Waals surface area contributed by atoms with Gasteiger partial charge >= 0.3 is 0 Å². The van der Waals surface area contributed by atoms with Gasteiger partial charge in [0, 0.05) is 30.1 Å². The van der Waals surface area contributed by atoms with E-state index in [1.165, 1.54) is 21.3 Å². The van der Waals surface area contributed by atoms with Gasteiger partial charge in [0.2, 0.25) is 17.6 Å². The van der Waals surface area contributed by atoms with Gasteiger partial charge in [-0.1, -0.05) is 18.2 Å². The lowest BCUT2D eigenvalue weighted by molar-refractivity contribution is -0.132. The Hall–Kier alpha value is -3.22. The summed E-state index contributed by atoms with van der Waals surface area (Å²) in [5, 5.41) is 2.87. The highest BCUT2D eigenvalue weighted by atomic mass is 16.5. The molecular weight excluding hydrogens is 372 g/mol. The average Bonchev–Trinajstić information content (AvgIpc) is 3.46.